The van der Waals surface area contributed by atoms with Crippen LogP contribution in [-0.2, 0) is 26.1 Å². The van der Waals surface area contributed by atoms with E-state index in [0.29, 0.717) is 12.8 Å². The van der Waals surface area contributed by atoms with E-state index in [1.54, 1.807) is 10.9 Å². The SMILES string of the molecule is CCc1cc(-n2cc3c(n2)CC[C@@H]3NC(=O)c2cc(C(F)(F)F)nn2C)ccn1. The van der Waals surface area contributed by atoms with Crippen molar-refractivity contribution in [3.63, 3.8) is 0 Å². The normalized spacial score (nSPS) is 16.1. The average molecular weight is 404 g/mol. The summed E-state index contributed by atoms with van der Waals surface area (Å²) in [5.41, 5.74) is 2.32. The van der Waals surface area contributed by atoms with E-state index in [1.165, 1.54) is 7.05 Å². The van der Waals surface area contributed by atoms with Crippen LogP contribution in [0.5, 0.6) is 0 Å². The number of nitrogens with one attached hydrogen (secondary N) is 1. The third-order valence-electron chi connectivity index (χ3n) is 5.00. The highest BCUT2D eigenvalue weighted by Crippen LogP contribution is 2.32. The number of nitrogens with zero attached hydrogens (tertiary/aromatic N) is 5. The quantitative estimate of drug-likeness (QED) is 0.725. The van der Waals surface area contributed by atoms with E-state index < -0.39 is 17.8 Å². The summed E-state index contributed by atoms with van der Waals surface area (Å²) in [4.78, 5) is 16.8. The molecular weight excluding hydrogens is 385 g/mol. The molecular formula is C19H19F3N6O. The third kappa shape index (κ3) is 3.62. The number of pyridine rings is 1. The highest BCUT2D eigenvalue weighted by Gasteiger charge is 2.36. The van der Waals surface area contributed by atoms with Gasteiger partial charge in [-0.1, -0.05) is 6.92 Å². The highest BCUT2D eigenvalue weighted by atomic mass is 19.4. The highest BCUT2D eigenvalue weighted by molar-refractivity contribution is 5.93. The zero-order valence-electron chi connectivity index (χ0n) is 15.9. The Hall–Kier alpha value is -3.17. The van der Waals surface area contributed by atoms with Gasteiger partial charge in [-0.05, 0) is 31.4 Å². The molecule has 0 fully saturated rings. The minimum absolute atomic E-state index is 0.139. The third-order valence-corrected chi connectivity index (χ3v) is 5.00. The number of carbonyl (C=O) groups is 1. The van der Waals surface area contributed by atoms with Crippen molar-refractivity contribution in [1.82, 2.24) is 29.9 Å². The Balaban J connectivity index is 1.55. The van der Waals surface area contributed by atoms with Crippen molar-refractivity contribution in [2.45, 2.75) is 38.4 Å². The first-order valence-corrected chi connectivity index (χ1v) is 9.22. The molecule has 152 valence electrons. The van der Waals surface area contributed by atoms with Gasteiger partial charge in [-0.2, -0.15) is 23.4 Å². The Kier molecular flexibility index (Phi) is 4.64. The smallest absolute Gasteiger partial charge is 0.344 e. The van der Waals surface area contributed by atoms with Gasteiger partial charge in [0.15, 0.2) is 5.69 Å². The van der Waals surface area contributed by atoms with Crippen molar-refractivity contribution in [3.8, 4) is 5.69 Å². The fourth-order valence-electron chi connectivity index (χ4n) is 3.48. The molecule has 10 heteroatoms. The number of carbonyl (C=O) groups excluding carboxylic acids is 1. The fraction of sp³-hybridized carbons (Fsp3) is 0.368. The van der Waals surface area contributed by atoms with Crippen LogP contribution in [0, 0.1) is 0 Å². The summed E-state index contributed by atoms with van der Waals surface area (Å²) in [6.07, 6.45) is 1.11. The second-order valence-electron chi connectivity index (χ2n) is 6.94. The number of hydrogen-bond acceptors (Lipinski definition) is 4. The molecule has 3 aromatic rings. The van der Waals surface area contributed by atoms with Gasteiger partial charge in [0.05, 0.1) is 17.4 Å². The second-order valence-corrected chi connectivity index (χ2v) is 6.94. The lowest BCUT2D eigenvalue weighted by Gasteiger charge is -2.13. The van der Waals surface area contributed by atoms with Gasteiger partial charge >= 0.3 is 6.18 Å². The van der Waals surface area contributed by atoms with Gasteiger partial charge in [-0.3, -0.25) is 14.5 Å². The summed E-state index contributed by atoms with van der Waals surface area (Å²) in [5, 5.41) is 10.8. The Morgan fingerprint density at radius 2 is 2.10 bits per heavy atom. The summed E-state index contributed by atoms with van der Waals surface area (Å²) in [5.74, 6) is -0.599. The maximum Gasteiger partial charge on any atom is 0.435 e. The van der Waals surface area contributed by atoms with E-state index in [0.717, 1.165) is 39.8 Å². The number of fused-ring (bicyclic) bond motifs is 1. The monoisotopic (exact) mass is 404 g/mol. The topological polar surface area (TPSA) is 77.6 Å². The van der Waals surface area contributed by atoms with Crippen molar-refractivity contribution in [2.75, 3.05) is 0 Å². The molecule has 0 unspecified atom stereocenters. The first kappa shape index (κ1) is 19.2. The molecule has 7 nitrogen and oxygen atoms in total. The molecule has 3 aromatic heterocycles. The molecule has 1 aliphatic carbocycles. The number of amides is 1. The standard InChI is InChI=1S/C19H19F3N6O/c1-3-11-8-12(6-7-23-11)28-10-13-14(4-5-15(13)25-28)24-18(29)16-9-17(19(20,21)22)26-27(16)2/h6-10,14H,3-5H2,1-2H3,(H,24,29)/t14-/m0/s1. The van der Waals surface area contributed by atoms with Crippen LogP contribution in [0.4, 0.5) is 13.2 Å². The molecule has 1 atom stereocenters. The number of aryl methyl sites for hydroxylation is 3. The fourth-order valence-corrected chi connectivity index (χ4v) is 3.48. The van der Waals surface area contributed by atoms with Crippen LogP contribution in [-0.4, -0.2) is 30.5 Å². The van der Waals surface area contributed by atoms with Gasteiger partial charge in [0, 0.05) is 36.8 Å². The number of hydrogen-bond donors (Lipinski definition) is 1. The molecule has 3 heterocycles. The Morgan fingerprint density at radius 1 is 1.31 bits per heavy atom. The van der Waals surface area contributed by atoms with Gasteiger partial charge in [0.25, 0.3) is 5.91 Å². The van der Waals surface area contributed by atoms with Crippen LogP contribution >= 0.6 is 0 Å². The van der Waals surface area contributed by atoms with E-state index >= 15 is 0 Å². The van der Waals surface area contributed by atoms with E-state index in [1.807, 2.05) is 25.3 Å². The lowest BCUT2D eigenvalue weighted by atomic mass is 10.2. The van der Waals surface area contributed by atoms with E-state index in [4.69, 9.17) is 0 Å². The van der Waals surface area contributed by atoms with E-state index in [9.17, 15) is 18.0 Å². The molecule has 0 radical (unpaired) electrons. The zero-order chi connectivity index (χ0) is 20.8. The molecule has 0 saturated carbocycles. The minimum atomic E-state index is -4.60. The molecule has 1 amide bonds. The van der Waals surface area contributed by atoms with Gasteiger partial charge in [0.1, 0.15) is 5.69 Å². The largest absolute Gasteiger partial charge is 0.435 e. The number of rotatable bonds is 4. The number of halogens is 3. The lowest BCUT2D eigenvalue weighted by molar-refractivity contribution is -0.141. The Labute approximate surface area is 164 Å². The Morgan fingerprint density at radius 3 is 2.79 bits per heavy atom. The van der Waals surface area contributed by atoms with Gasteiger partial charge in [0.2, 0.25) is 0 Å². The molecule has 0 aliphatic heterocycles. The summed E-state index contributed by atoms with van der Waals surface area (Å²) >= 11 is 0. The number of alkyl halides is 3. The van der Waals surface area contributed by atoms with Crippen LogP contribution in [0.3, 0.4) is 0 Å². The molecule has 0 aromatic carbocycles. The molecule has 1 aliphatic rings. The van der Waals surface area contributed by atoms with Gasteiger partial charge in [-0.15, -0.1) is 0 Å². The van der Waals surface area contributed by atoms with Crippen LogP contribution < -0.4 is 5.32 Å². The Bertz CT molecular complexity index is 1070. The van der Waals surface area contributed by atoms with Gasteiger partial charge < -0.3 is 5.32 Å². The molecule has 0 spiro atoms. The van der Waals surface area contributed by atoms with Crippen LogP contribution in [0.15, 0.2) is 30.6 Å². The molecule has 1 N–H and O–H groups in total. The maximum atomic E-state index is 12.8. The summed E-state index contributed by atoms with van der Waals surface area (Å²) < 4.78 is 41.2. The van der Waals surface area contributed by atoms with Crippen molar-refractivity contribution >= 4 is 5.91 Å². The predicted octanol–water partition coefficient (Wildman–Crippen LogP) is 3.00. The maximum absolute atomic E-state index is 12.8. The van der Waals surface area contributed by atoms with Crippen molar-refractivity contribution in [3.05, 3.63) is 58.9 Å². The second kappa shape index (κ2) is 7.02. The van der Waals surface area contributed by atoms with E-state index in [-0.39, 0.29) is 11.7 Å². The molecule has 0 saturated heterocycles. The predicted molar refractivity (Wildman–Crippen MR) is 97.5 cm³/mol. The van der Waals surface area contributed by atoms with Crippen molar-refractivity contribution in [1.29, 1.82) is 0 Å². The summed E-state index contributed by atoms with van der Waals surface area (Å²) in [6.45, 7) is 2.02. The zero-order valence-corrected chi connectivity index (χ0v) is 15.9. The minimum Gasteiger partial charge on any atom is -0.344 e. The molecule has 4 rings (SSSR count). The van der Waals surface area contributed by atoms with Crippen LogP contribution in [0.1, 0.15) is 52.5 Å². The molecule has 0 bridgehead atoms. The summed E-state index contributed by atoms with van der Waals surface area (Å²) in [7, 11) is 1.32. The van der Waals surface area contributed by atoms with Crippen molar-refractivity contribution < 1.29 is 18.0 Å². The van der Waals surface area contributed by atoms with Crippen LogP contribution in [0.2, 0.25) is 0 Å². The summed E-state index contributed by atoms with van der Waals surface area (Å²) in [6, 6.07) is 4.24. The lowest BCUT2D eigenvalue weighted by Crippen LogP contribution is -2.28. The van der Waals surface area contributed by atoms with Crippen LogP contribution in [0.25, 0.3) is 5.69 Å². The molecule has 29 heavy (non-hydrogen) atoms. The first-order chi connectivity index (χ1) is 13.8. The number of aromatic nitrogens is 5. The van der Waals surface area contributed by atoms with E-state index in [2.05, 4.69) is 20.5 Å². The first-order valence-electron chi connectivity index (χ1n) is 9.22. The average Bonchev–Trinajstić information content (AvgIpc) is 3.36. The van der Waals surface area contributed by atoms with Gasteiger partial charge in [-0.25, -0.2) is 4.68 Å². The van der Waals surface area contributed by atoms with Crippen molar-refractivity contribution in [2.24, 2.45) is 7.05 Å².